The fourth-order valence-corrected chi connectivity index (χ4v) is 1.80. The zero-order valence-electron chi connectivity index (χ0n) is 12.2. The number of hydrogen-bond donors (Lipinski definition) is 1. The van der Waals surface area contributed by atoms with Gasteiger partial charge in [0.2, 0.25) is 0 Å². The Morgan fingerprint density at radius 2 is 1.55 bits per heavy atom. The zero-order valence-corrected chi connectivity index (χ0v) is 12.2. The molecule has 0 unspecified atom stereocenters. The molecule has 6 heteroatoms. The first kappa shape index (κ1) is 15.4. The van der Waals surface area contributed by atoms with E-state index in [1.807, 2.05) is 0 Å². The van der Waals surface area contributed by atoms with Crippen LogP contribution in [0.4, 0.5) is 5.69 Å². The summed E-state index contributed by atoms with van der Waals surface area (Å²) in [5.41, 5.74) is 6.77. The number of benzene rings is 2. The number of ether oxygens (including phenoxy) is 3. The summed E-state index contributed by atoms with van der Waals surface area (Å²) in [6.45, 7) is 0. The van der Waals surface area contributed by atoms with Gasteiger partial charge in [-0.3, -0.25) is 0 Å². The minimum atomic E-state index is -0.555. The molecule has 0 aromatic heterocycles. The van der Waals surface area contributed by atoms with Gasteiger partial charge in [-0.25, -0.2) is 9.59 Å². The smallest absolute Gasteiger partial charge is 0.343 e. The molecule has 2 aromatic carbocycles. The zero-order chi connectivity index (χ0) is 16.1. The number of hydrogen-bond acceptors (Lipinski definition) is 6. The molecular weight excluding hydrogens is 286 g/mol. The Hall–Kier alpha value is -3.02. The van der Waals surface area contributed by atoms with Crippen LogP contribution in [0.25, 0.3) is 0 Å². The number of nitrogen functional groups attached to an aromatic ring is 1. The third-order valence-electron chi connectivity index (χ3n) is 2.95. The van der Waals surface area contributed by atoms with E-state index in [-0.39, 0.29) is 0 Å². The first-order valence-corrected chi connectivity index (χ1v) is 6.39. The van der Waals surface area contributed by atoms with Crippen molar-refractivity contribution in [3.05, 3.63) is 53.6 Å². The normalized spacial score (nSPS) is 9.91. The molecule has 0 aliphatic rings. The van der Waals surface area contributed by atoms with Crippen molar-refractivity contribution in [2.24, 2.45) is 0 Å². The van der Waals surface area contributed by atoms with Gasteiger partial charge in [0, 0.05) is 0 Å². The van der Waals surface area contributed by atoms with Crippen molar-refractivity contribution in [3.63, 3.8) is 0 Å². The molecule has 0 aliphatic carbocycles. The summed E-state index contributed by atoms with van der Waals surface area (Å²) in [4.78, 5) is 23.3. The highest BCUT2D eigenvalue weighted by Gasteiger charge is 2.12. The van der Waals surface area contributed by atoms with Crippen LogP contribution in [-0.2, 0) is 4.74 Å². The van der Waals surface area contributed by atoms with Gasteiger partial charge in [0.25, 0.3) is 0 Å². The predicted octanol–water partition coefficient (Wildman–Crippen LogP) is 2.28. The second-order valence-corrected chi connectivity index (χ2v) is 4.36. The molecule has 0 saturated heterocycles. The number of nitrogens with two attached hydrogens (primary N) is 1. The Labute approximate surface area is 127 Å². The van der Waals surface area contributed by atoms with Crippen molar-refractivity contribution in [2.45, 2.75) is 0 Å². The number of carbonyl (C=O) groups excluding carboxylic acids is 2. The number of rotatable bonds is 4. The van der Waals surface area contributed by atoms with Crippen LogP contribution in [0, 0.1) is 0 Å². The monoisotopic (exact) mass is 301 g/mol. The molecule has 0 heterocycles. The Bertz CT molecular complexity index is 694. The Morgan fingerprint density at radius 1 is 0.909 bits per heavy atom. The molecule has 0 aliphatic heterocycles. The number of esters is 2. The van der Waals surface area contributed by atoms with Gasteiger partial charge in [-0.1, -0.05) is 0 Å². The van der Waals surface area contributed by atoms with E-state index in [2.05, 4.69) is 4.74 Å². The van der Waals surface area contributed by atoms with E-state index in [1.165, 1.54) is 44.6 Å². The number of carbonyl (C=O) groups is 2. The van der Waals surface area contributed by atoms with Gasteiger partial charge >= 0.3 is 11.9 Å². The van der Waals surface area contributed by atoms with Crippen LogP contribution in [-0.4, -0.2) is 26.2 Å². The van der Waals surface area contributed by atoms with Crippen LogP contribution in [0.1, 0.15) is 20.7 Å². The highest BCUT2D eigenvalue weighted by atomic mass is 16.5. The summed E-state index contributed by atoms with van der Waals surface area (Å²) in [7, 11) is 2.79. The Kier molecular flexibility index (Phi) is 4.63. The van der Waals surface area contributed by atoms with Crippen molar-refractivity contribution >= 4 is 17.6 Å². The largest absolute Gasteiger partial charge is 0.495 e. The van der Waals surface area contributed by atoms with Gasteiger partial charge < -0.3 is 19.9 Å². The summed E-state index contributed by atoms with van der Waals surface area (Å²) in [6.07, 6.45) is 0. The molecule has 114 valence electrons. The summed E-state index contributed by atoms with van der Waals surface area (Å²) >= 11 is 0. The first-order chi connectivity index (χ1) is 10.5. The third kappa shape index (κ3) is 3.35. The van der Waals surface area contributed by atoms with Crippen LogP contribution < -0.4 is 15.2 Å². The molecule has 2 aromatic rings. The van der Waals surface area contributed by atoms with Crippen molar-refractivity contribution in [1.82, 2.24) is 0 Å². The minimum Gasteiger partial charge on any atom is -0.495 e. The van der Waals surface area contributed by atoms with E-state index in [0.29, 0.717) is 28.3 Å². The highest BCUT2D eigenvalue weighted by molar-refractivity contribution is 5.93. The van der Waals surface area contributed by atoms with E-state index in [0.717, 1.165) is 0 Å². The fourth-order valence-electron chi connectivity index (χ4n) is 1.80. The first-order valence-electron chi connectivity index (χ1n) is 6.39. The van der Waals surface area contributed by atoms with Crippen LogP contribution in [0.5, 0.6) is 11.5 Å². The second kappa shape index (κ2) is 6.62. The topological polar surface area (TPSA) is 87.8 Å². The highest BCUT2D eigenvalue weighted by Crippen LogP contribution is 2.23. The van der Waals surface area contributed by atoms with Crippen LogP contribution in [0.15, 0.2) is 42.5 Å². The van der Waals surface area contributed by atoms with Crippen LogP contribution >= 0.6 is 0 Å². The van der Waals surface area contributed by atoms with Gasteiger partial charge in [-0.2, -0.15) is 0 Å². The maximum Gasteiger partial charge on any atom is 0.343 e. The Morgan fingerprint density at radius 3 is 2.09 bits per heavy atom. The van der Waals surface area contributed by atoms with Gasteiger partial charge in [-0.15, -0.1) is 0 Å². The summed E-state index contributed by atoms with van der Waals surface area (Å²) in [6, 6.07) is 10.7. The SMILES string of the molecule is COC(=O)c1ccc(OC(=O)c2ccc(OC)c(N)c2)cc1. The number of methoxy groups -OCH3 is 2. The maximum absolute atomic E-state index is 12.0. The maximum atomic E-state index is 12.0. The lowest BCUT2D eigenvalue weighted by Crippen LogP contribution is -2.09. The molecule has 0 bridgehead atoms. The van der Waals surface area contributed by atoms with Gasteiger partial charge in [-0.05, 0) is 42.5 Å². The van der Waals surface area contributed by atoms with Gasteiger partial charge in [0.05, 0.1) is 31.0 Å². The van der Waals surface area contributed by atoms with E-state index < -0.39 is 11.9 Å². The molecule has 22 heavy (non-hydrogen) atoms. The van der Waals surface area contributed by atoms with Crippen LogP contribution in [0.3, 0.4) is 0 Å². The third-order valence-corrected chi connectivity index (χ3v) is 2.95. The van der Waals surface area contributed by atoms with Crippen molar-refractivity contribution in [1.29, 1.82) is 0 Å². The average molecular weight is 301 g/mol. The van der Waals surface area contributed by atoms with E-state index in [1.54, 1.807) is 12.1 Å². The van der Waals surface area contributed by atoms with E-state index in [4.69, 9.17) is 15.2 Å². The molecule has 0 fully saturated rings. The summed E-state index contributed by atoms with van der Waals surface area (Å²) < 4.78 is 14.8. The molecule has 6 nitrogen and oxygen atoms in total. The minimum absolute atomic E-state index is 0.301. The lowest BCUT2D eigenvalue weighted by Gasteiger charge is -2.08. The van der Waals surface area contributed by atoms with Crippen molar-refractivity contribution in [3.8, 4) is 11.5 Å². The number of anilines is 1. The van der Waals surface area contributed by atoms with E-state index >= 15 is 0 Å². The molecular formula is C16H15NO5. The van der Waals surface area contributed by atoms with Crippen molar-refractivity contribution in [2.75, 3.05) is 20.0 Å². The van der Waals surface area contributed by atoms with Crippen molar-refractivity contribution < 1.29 is 23.8 Å². The molecule has 0 atom stereocenters. The van der Waals surface area contributed by atoms with E-state index in [9.17, 15) is 9.59 Å². The molecule has 2 rings (SSSR count). The lowest BCUT2D eigenvalue weighted by atomic mass is 10.2. The predicted molar refractivity (Wildman–Crippen MR) is 80.1 cm³/mol. The summed E-state index contributed by atoms with van der Waals surface area (Å²) in [5, 5.41) is 0. The lowest BCUT2D eigenvalue weighted by molar-refractivity contribution is 0.0600. The average Bonchev–Trinajstić information content (AvgIpc) is 2.54. The fraction of sp³-hybridized carbons (Fsp3) is 0.125. The molecule has 0 amide bonds. The Balaban J connectivity index is 2.11. The second-order valence-electron chi connectivity index (χ2n) is 4.36. The van der Waals surface area contributed by atoms with Gasteiger partial charge in [0.1, 0.15) is 11.5 Å². The quantitative estimate of drug-likeness (QED) is 0.529. The standard InChI is InChI=1S/C16H15NO5/c1-20-14-8-5-11(9-13(14)17)16(19)22-12-6-3-10(4-7-12)15(18)21-2/h3-9H,17H2,1-2H3. The molecule has 0 radical (unpaired) electrons. The molecule has 0 saturated carbocycles. The molecule has 2 N–H and O–H groups in total. The molecule has 0 spiro atoms. The summed E-state index contributed by atoms with van der Waals surface area (Å²) in [5.74, 6) is -0.216. The van der Waals surface area contributed by atoms with Gasteiger partial charge in [0.15, 0.2) is 0 Å². The van der Waals surface area contributed by atoms with Crippen LogP contribution in [0.2, 0.25) is 0 Å².